The summed E-state index contributed by atoms with van der Waals surface area (Å²) in [5, 5.41) is 10.7. The maximum atomic E-state index is 13.7. The van der Waals surface area contributed by atoms with E-state index in [4.69, 9.17) is 5.14 Å². The molecule has 0 saturated heterocycles. The van der Waals surface area contributed by atoms with Gasteiger partial charge in [0.15, 0.2) is 20.7 Å². The molecule has 3 aromatic heterocycles. The molecule has 0 aliphatic rings. The summed E-state index contributed by atoms with van der Waals surface area (Å²) in [5.41, 5.74) is -3.75. The smallest absolute Gasteiger partial charge is 0.298 e. The van der Waals surface area contributed by atoms with Crippen molar-refractivity contribution >= 4 is 38.0 Å². The fraction of sp³-hybridized carbons (Fsp3) is 0.158. The van der Waals surface area contributed by atoms with Crippen LogP contribution in [0, 0.1) is 6.92 Å². The minimum atomic E-state index is -4.96. The van der Waals surface area contributed by atoms with Crippen LogP contribution in [0.3, 0.4) is 0 Å². The van der Waals surface area contributed by atoms with E-state index in [-0.39, 0.29) is 26.3 Å². The number of hydrogen-bond acceptors (Lipinski definition) is 7. The van der Waals surface area contributed by atoms with Crippen LogP contribution in [-0.4, -0.2) is 33.9 Å². The Kier molecular flexibility index (Phi) is 6.04. The van der Waals surface area contributed by atoms with E-state index in [0.717, 1.165) is 18.3 Å². The number of alkyl halides is 6. The highest BCUT2D eigenvalue weighted by atomic mass is 32.2. The lowest BCUT2D eigenvalue weighted by Gasteiger charge is -2.12. The summed E-state index contributed by atoms with van der Waals surface area (Å²) in [6, 6.07) is 3.86. The number of anilines is 1. The van der Waals surface area contributed by atoms with Crippen LogP contribution >= 0.6 is 11.3 Å². The van der Waals surface area contributed by atoms with Gasteiger partial charge < -0.3 is 0 Å². The van der Waals surface area contributed by atoms with Gasteiger partial charge in [0, 0.05) is 5.56 Å². The summed E-state index contributed by atoms with van der Waals surface area (Å²) >= 11 is 0.533. The van der Waals surface area contributed by atoms with Crippen molar-refractivity contribution in [2.24, 2.45) is 5.14 Å². The zero-order chi connectivity index (χ0) is 26.6. The number of carbonyl (C=O) groups is 1. The number of primary sulfonamides is 1. The highest BCUT2D eigenvalue weighted by Crippen LogP contribution is 2.35. The molecule has 36 heavy (non-hydrogen) atoms. The van der Waals surface area contributed by atoms with Crippen LogP contribution in [0.4, 0.5) is 31.5 Å². The highest BCUT2D eigenvalue weighted by molar-refractivity contribution is 7.91. The van der Waals surface area contributed by atoms with Gasteiger partial charge in [-0.2, -0.15) is 31.4 Å². The van der Waals surface area contributed by atoms with E-state index < -0.39 is 50.8 Å². The number of fused-ring (bicyclic) bond motifs is 1. The number of amides is 1. The zero-order valence-electron chi connectivity index (χ0n) is 17.6. The van der Waals surface area contributed by atoms with Gasteiger partial charge in [0.25, 0.3) is 5.91 Å². The third kappa shape index (κ3) is 4.89. The standard InChI is InChI=1S/C19H12F6N6O3S2/c1-8-16(36(26,33)34)35-17(28-8)30-15(32)11-7-27-31-13(19(23,24)25)6-12(29-14(11)31)9-2-4-10(5-3-9)18(20,21)22/h2-7H,1H3,(H2,26,33,34)(H,28,30,32). The summed E-state index contributed by atoms with van der Waals surface area (Å²) in [4.78, 5) is 20.7. The monoisotopic (exact) mass is 550 g/mol. The molecule has 4 rings (SSSR count). The third-order valence-corrected chi connectivity index (χ3v) is 7.37. The number of rotatable bonds is 4. The number of nitrogens with zero attached hydrogens (tertiary/aromatic N) is 4. The number of sulfonamides is 1. The van der Waals surface area contributed by atoms with Gasteiger partial charge in [-0.15, -0.1) is 0 Å². The lowest BCUT2D eigenvalue weighted by atomic mass is 10.1. The Morgan fingerprint density at radius 1 is 1.06 bits per heavy atom. The average Bonchev–Trinajstić information content (AvgIpc) is 3.34. The highest BCUT2D eigenvalue weighted by Gasteiger charge is 2.36. The largest absolute Gasteiger partial charge is 0.433 e. The fourth-order valence-corrected chi connectivity index (χ4v) is 5.02. The Labute approximate surface area is 201 Å². The molecule has 9 nitrogen and oxygen atoms in total. The van der Waals surface area contributed by atoms with Gasteiger partial charge in [0.05, 0.1) is 23.1 Å². The number of aromatic nitrogens is 4. The van der Waals surface area contributed by atoms with Gasteiger partial charge in [-0.3, -0.25) is 10.1 Å². The van der Waals surface area contributed by atoms with Crippen LogP contribution in [0.2, 0.25) is 0 Å². The third-order valence-electron chi connectivity index (χ3n) is 4.75. The summed E-state index contributed by atoms with van der Waals surface area (Å²) in [5.74, 6) is -1.01. The number of halogens is 6. The average molecular weight is 550 g/mol. The summed E-state index contributed by atoms with van der Waals surface area (Å²) < 4.78 is 103. The van der Waals surface area contributed by atoms with Crippen molar-refractivity contribution in [1.82, 2.24) is 19.6 Å². The predicted molar refractivity (Wildman–Crippen MR) is 115 cm³/mol. The molecule has 0 aliphatic heterocycles. The topological polar surface area (TPSA) is 132 Å². The number of nitrogens with two attached hydrogens (primary N) is 1. The van der Waals surface area contributed by atoms with E-state index in [1.165, 1.54) is 6.92 Å². The van der Waals surface area contributed by atoms with Gasteiger partial charge in [-0.1, -0.05) is 23.5 Å². The van der Waals surface area contributed by atoms with E-state index in [9.17, 15) is 39.6 Å². The molecule has 17 heteroatoms. The molecular formula is C19H12F6N6O3S2. The first-order chi connectivity index (χ1) is 16.6. The second kappa shape index (κ2) is 8.52. The van der Waals surface area contributed by atoms with Crippen LogP contribution in [0.25, 0.3) is 16.9 Å². The normalized spacial score (nSPS) is 12.8. The molecule has 0 unspecified atom stereocenters. The molecule has 0 spiro atoms. The predicted octanol–water partition coefficient (Wildman–Crippen LogP) is 4.10. The van der Waals surface area contributed by atoms with Gasteiger partial charge >= 0.3 is 12.4 Å². The molecule has 0 aliphatic carbocycles. The van der Waals surface area contributed by atoms with Crippen molar-refractivity contribution in [3.05, 3.63) is 59.0 Å². The molecule has 0 atom stereocenters. The summed E-state index contributed by atoms with van der Waals surface area (Å²) in [6.45, 7) is 1.33. The molecule has 3 heterocycles. The Balaban J connectivity index is 1.79. The molecule has 4 aromatic rings. The molecule has 3 N–H and O–H groups in total. The van der Waals surface area contributed by atoms with E-state index in [1.807, 2.05) is 0 Å². The molecule has 0 saturated carbocycles. The van der Waals surface area contributed by atoms with E-state index in [1.54, 1.807) is 0 Å². The Hall–Kier alpha value is -3.57. The first kappa shape index (κ1) is 25.5. The minimum absolute atomic E-state index is 0.000244. The fourth-order valence-electron chi connectivity index (χ4n) is 3.17. The number of aryl methyl sites for hydroxylation is 1. The van der Waals surface area contributed by atoms with Crippen LogP contribution in [0.15, 0.2) is 40.7 Å². The van der Waals surface area contributed by atoms with E-state index >= 15 is 0 Å². The second-order valence-corrected chi connectivity index (χ2v) is 10.0. The van der Waals surface area contributed by atoms with Gasteiger partial charge in [-0.25, -0.2) is 28.0 Å². The van der Waals surface area contributed by atoms with Crippen molar-refractivity contribution in [2.75, 3.05) is 5.32 Å². The van der Waals surface area contributed by atoms with Crippen molar-refractivity contribution < 1.29 is 39.6 Å². The molecule has 0 fully saturated rings. The lowest BCUT2D eigenvalue weighted by Crippen LogP contribution is -2.16. The maximum Gasteiger partial charge on any atom is 0.433 e. The maximum absolute atomic E-state index is 13.7. The SMILES string of the molecule is Cc1nc(NC(=O)c2cnn3c(C(F)(F)F)cc(-c4ccc(C(F)(F)F)cc4)nc23)sc1S(N)(=O)=O. The van der Waals surface area contributed by atoms with Crippen molar-refractivity contribution in [2.45, 2.75) is 23.5 Å². The first-order valence-electron chi connectivity index (χ1n) is 9.51. The molecule has 0 radical (unpaired) electrons. The van der Waals surface area contributed by atoms with E-state index in [2.05, 4.69) is 20.4 Å². The van der Waals surface area contributed by atoms with Crippen molar-refractivity contribution in [1.29, 1.82) is 0 Å². The molecule has 190 valence electrons. The number of benzene rings is 1. The molecule has 1 amide bonds. The molecule has 1 aromatic carbocycles. The lowest BCUT2D eigenvalue weighted by molar-refractivity contribution is -0.142. The van der Waals surface area contributed by atoms with Crippen molar-refractivity contribution in [3.63, 3.8) is 0 Å². The Morgan fingerprint density at radius 2 is 1.69 bits per heavy atom. The van der Waals surface area contributed by atoms with Gasteiger partial charge in [0.1, 0.15) is 5.56 Å². The minimum Gasteiger partial charge on any atom is -0.298 e. The van der Waals surface area contributed by atoms with Crippen LogP contribution in [-0.2, 0) is 22.4 Å². The van der Waals surface area contributed by atoms with Gasteiger partial charge in [-0.05, 0) is 25.1 Å². The Morgan fingerprint density at radius 3 is 2.22 bits per heavy atom. The van der Waals surface area contributed by atoms with Crippen LogP contribution < -0.4 is 10.5 Å². The number of carbonyl (C=O) groups excluding carboxylic acids is 1. The summed E-state index contributed by atoms with van der Waals surface area (Å²) in [6.07, 6.45) is -8.80. The first-order valence-corrected chi connectivity index (χ1v) is 11.9. The van der Waals surface area contributed by atoms with Crippen LogP contribution in [0.1, 0.15) is 27.3 Å². The number of hydrogen-bond donors (Lipinski definition) is 2. The zero-order valence-corrected chi connectivity index (χ0v) is 19.3. The second-order valence-electron chi connectivity index (χ2n) is 7.28. The number of nitrogens with one attached hydrogen (secondary N) is 1. The quantitative estimate of drug-likeness (QED) is 0.368. The number of thiazole rings is 1. The summed E-state index contributed by atoms with van der Waals surface area (Å²) in [7, 11) is -4.13. The van der Waals surface area contributed by atoms with Crippen molar-refractivity contribution in [3.8, 4) is 11.3 Å². The molecule has 0 bridgehead atoms. The van der Waals surface area contributed by atoms with Gasteiger partial charge in [0.2, 0.25) is 10.0 Å². The molecular weight excluding hydrogens is 538 g/mol. The van der Waals surface area contributed by atoms with E-state index in [0.29, 0.717) is 34.1 Å². The van der Waals surface area contributed by atoms with Crippen LogP contribution in [0.5, 0.6) is 0 Å². The Bertz CT molecular complexity index is 1590.